The fraction of sp³-hybridized carbons (Fsp3) is 0.696. The average molecular weight is 430 g/mol. The molecule has 0 aromatic carbocycles. The van der Waals surface area contributed by atoms with Crippen molar-refractivity contribution in [2.24, 2.45) is 22.6 Å². The van der Waals surface area contributed by atoms with E-state index in [1.54, 1.807) is 7.05 Å². The molecule has 1 amide bonds. The van der Waals surface area contributed by atoms with E-state index in [0.29, 0.717) is 6.54 Å². The number of nitrogens with zero attached hydrogens (tertiary/aromatic N) is 4. The lowest BCUT2D eigenvalue weighted by Gasteiger charge is -2.32. The summed E-state index contributed by atoms with van der Waals surface area (Å²) in [6, 6.07) is 4.06. The van der Waals surface area contributed by atoms with Gasteiger partial charge < -0.3 is 26.2 Å². The predicted octanol–water partition coefficient (Wildman–Crippen LogP) is 1.57. The van der Waals surface area contributed by atoms with Crippen molar-refractivity contribution >= 4 is 17.7 Å². The van der Waals surface area contributed by atoms with Crippen LogP contribution in [0.15, 0.2) is 23.3 Å². The highest BCUT2D eigenvalue weighted by Crippen LogP contribution is 2.24. The second kappa shape index (κ2) is 11.9. The Labute approximate surface area is 186 Å². The summed E-state index contributed by atoms with van der Waals surface area (Å²) in [5.74, 6) is 2.47. The standard InChI is InChI=1S/C23H39N7O/c1-18-6-13-29(14-7-18)12-4-11-27-23(25-2)28-17-20-5-3-10-26-22(20)30-15-8-19(9-16-30)21(24)31/h3,5,10,18-19H,4,6-9,11-17H2,1-2H3,(H2,24,31)(H2,25,27,28). The summed E-state index contributed by atoms with van der Waals surface area (Å²) in [4.78, 5) is 25.2. The maximum Gasteiger partial charge on any atom is 0.220 e. The normalized spacial score (nSPS) is 19.4. The first-order valence-corrected chi connectivity index (χ1v) is 11.7. The maximum absolute atomic E-state index is 11.4. The van der Waals surface area contributed by atoms with Crippen molar-refractivity contribution in [1.29, 1.82) is 0 Å². The molecule has 4 N–H and O–H groups in total. The number of nitrogens with one attached hydrogen (secondary N) is 2. The zero-order chi connectivity index (χ0) is 22.1. The minimum absolute atomic E-state index is 0.0158. The molecule has 0 unspecified atom stereocenters. The van der Waals surface area contributed by atoms with Gasteiger partial charge in [-0.2, -0.15) is 0 Å². The van der Waals surface area contributed by atoms with Gasteiger partial charge in [0, 0.05) is 50.9 Å². The minimum Gasteiger partial charge on any atom is -0.369 e. The molecule has 1 aromatic rings. The highest BCUT2D eigenvalue weighted by Gasteiger charge is 2.25. The SMILES string of the molecule is CN=C(NCCCN1CCC(C)CC1)NCc1cccnc1N1CCC(C(N)=O)CC1. The number of nitrogens with two attached hydrogens (primary N) is 1. The maximum atomic E-state index is 11.4. The lowest BCUT2D eigenvalue weighted by atomic mass is 9.96. The minimum atomic E-state index is -0.188. The molecule has 8 heteroatoms. The second-order valence-corrected chi connectivity index (χ2v) is 8.88. The lowest BCUT2D eigenvalue weighted by molar-refractivity contribution is -0.122. The van der Waals surface area contributed by atoms with Crippen molar-refractivity contribution in [3.63, 3.8) is 0 Å². The van der Waals surface area contributed by atoms with Crippen LogP contribution in [0.25, 0.3) is 0 Å². The summed E-state index contributed by atoms with van der Waals surface area (Å²) in [7, 11) is 1.81. The molecular formula is C23H39N7O. The number of hydrogen-bond acceptors (Lipinski definition) is 5. The molecule has 0 radical (unpaired) electrons. The van der Waals surface area contributed by atoms with Crippen LogP contribution in [-0.4, -0.2) is 68.1 Å². The third-order valence-corrected chi connectivity index (χ3v) is 6.55. The number of carbonyl (C=O) groups excluding carboxylic acids is 1. The van der Waals surface area contributed by atoms with E-state index in [2.05, 4.69) is 43.4 Å². The number of amides is 1. The summed E-state index contributed by atoms with van der Waals surface area (Å²) in [6.45, 7) is 9.13. The smallest absolute Gasteiger partial charge is 0.220 e. The number of carbonyl (C=O) groups is 1. The summed E-state index contributed by atoms with van der Waals surface area (Å²) in [5.41, 5.74) is 6.60. The monoisotopic (exact) mass is 429 g/mol. The van der Waals surface area contributed by atoms with Gasteiger partial charge in [0.25, 0.3) is 0 Å². The zero-order valence-electron chi connectivity index (χ0n) is 19.1. The summed E-state index contributed by atoms with van der Waals surface area (Å²) in [6.07, 6.45) is 7.17. The molecule has 0 spiro atoms. The lowest BCUT2D eigenvalue weighted by Crippen LogP contribution is -2.41. The van der Waals surface area contributed by atoms with Crippen LogP contribution in [0.2, 0.25) is 0 Å². The fourth-order valence-corrected chi connectivity index (χ4v) is 4.42. The molecule has 172 valence electrons. The van der Waals surface area contributed by atoms with Crippen molar-refractivity contribution in [2.45, 2.75) is 45.6 Å². The quantitative estimate of drug-likeness (QED) is 0.330. The zero-order valence-corrected chi connectivity index (χ0v) is 19.1. The topological polar surface area (TPSA) is 98.9 Å². The molecular weight excluding hydrogens is 390 g/mol. The number of pyridine rings is 1. The van der Waals surface area contributed by atoms with Crippen LogP contribution in [-0.2, 0) is 11.3 Å². The van der Waals surface area contributed by atoms with Crippen LogP contribution in [0, 0.1) is 11.8 Å². The van der Waals surface area contributed by atoms with E-state index in [1.165, 1.54) is 25.9 Å². The molecule has 0 saturated carbocycles. The third-order valence-electron chi connectivity index (χ3n) is 6.55. The number of primary amides is 1. The highest BCUT2D eigenvalue weighted by atomic mass is 16.1. The number of rotatable bonds is 8. The Hall–Kier alpha value is -2.35. The highest BCUT2D eigenvalue weighted by molar-refractivity contribution is 5.79. The molecule has 31 heavy (non-hydrogen) atoms. The van der Waals surface area contributed by atoms with Crippen LogP contribution in [0.3, 0.4) is 0 Å². The first kappa shape index (κ1) is 23.3. The van der Waals surface area contributed by atoms with Gasteiger partial charge in [0.15, 0.2) is 5.96 Å². The molecule has 8 nitrogen and oxygen atoms in total. The number of guanidine groups is 1. The largest absolute Gasteiger partial charge is 0.369 e. The van der Waals surface area contributed by atoms with Gasteiger partial charge >= 0.3 is 0 Å². The number of anilines is 1. The van der Waals surface area contributed by atoms with Crippen molar-refractivity contribution in [2.75, 3.05) is 51.2 Å². The fourth-order valence-electron chi connectivity index (χ4n) is 4.42. The van der Waals surface area contributed by atoms with Crippen LogP contribution in [0.4, 0.5) is 5.82 Å². The Morgan fingerprint density at radius 2 is 1.94 bits per heavy atom. The Morgan fingerprint density at radius 3 is 2.61 bits per heavy atom. The number of piperidine rings is 2. The van der Waals surface area contributed by atoms with Crippen LogP contribution in [0.5, 0.6) is 0 Å². The van der Waals surface area contributed by atoms with Gasteiger partial charge in [-0.15, -0.1) is 0 Å². The molecule has 3 rings (SSSR count). The molecule has 2 aliphatic heterocycles. The number of likely N-dealkylation sites (tertiary alicyclic amines) is 1. The Balaban J connectivity index is 1.43. The average Bonchev–Trinajstić information content (AvgIpc) is 2.80. The molecule has 0 atom stereocenters. The van der Waals surface area contributed by atoms with Crippen molar-refractivity contribution in [1.82, 2.24) is 20.5 Å². The van der Waals surface area contributed by atoms with E-state index in [-0.39, 0.29) is 11.8 Å². The molecule has 2 saturated heterocycles. The summed E-state index contributed by atoms with van der Waals surface area (Å²) >= 11 is 0. The van der Waals surface area contributed by atoms with Crippen molar-refractivity contribution in [3.05, 3.63) is 23.9 Å². The number of aromatic nitrogens is 1. The summed E-state index contributed by atoms with van der Waals surface area (Å²) < 4.78 is 0. The van der Waals surface area contributed by atoms with Gasteiger partial charge in [0.2, 0.25) is 5.91 Å². The Morgan fingerprint density at radius 1 is 1.19 bits per heavy atom. The van der Waals surface area contributed by atoms with Gasteiger partial charge in [-0.25, -0.2) is 4.98 Å². The molecule has 3 heterocycles. The Bertz CT molecular complexity index is 722. The van der Waals surface area contributed by atoms with E-state index < -0.39 is 0 Å². The van der Waals surface area contributed by atoms with Crippen LogP contribution in [0.1, 0.15) is 44.6 Å². The van der Waals surface area contributed by atoms with E-state index in [1.807, 2.05) is 12.3 Å². The van der Waals surface area contributed by atoms with E-state index in [4.69, 9.17) is 5.73 Å². The van der Waals surface area contributed by atoms with E-state index in [9.17, 15) is 4.79 Å². The van der Waals surface area contributed by atoms with E-state index in [0.717, 1.165) is 68.7 Å². The molecule has 0 aliphatic carbocycles. The van der Waals surface area contributed by atoms with Gasteiger partial charge in [-0.3, -0.25) is 9.79 Å². The van der Waals surface area contributed by atoms with Crippen LogP contribution >= 0.6 is 0 Å². The van der Waals surface area contributed by atoms with Crippen molar-refractivity contribution < 1.29 is 4.79 Å². The van der Waals surface area contributed by atoms with Crippen molar-refractivity contribution in [3.8, 4) is 0 Å². The van der Waals surface area contributed by atoms with Crippen LogP contribution < -0.4 is 21.3 Å². The first-order chi connectivity index (χ1) is 15.1. The molecule has 1 aromatic heterocycles. The van der Waals surface area contributed by atoms with Gasteiger partial charge in [-0.05, 0) is 63.7 Å². The van der Waals surface area contributed by atoms with Gasteiger partial charge in [0.1, 0.15) is 5.82 Å². The molecule has 2 fully saturated rings. The summed E-state index contributed by atoms with van der Waals surface area (Å²) in [5, 5.41) is 6.85. The molecule has 0 bridgehead atoms. The van der Waals surface area contributed by atoms with Gasteiger partial charge in [0.05, 0.1) is 0 Å². The van der Waals surface area contributed by atoms with Gasteiger partial charge in [-0.1, -0.05) is 13.0 Å². The first-order valence-electron chi connectivity index (χ1n) is 11.7. The second-order valence-electron chi connectivity index (χ2n) is 8.88. The Kier molecular flexibility index (Phi) is 8.94. The van der Waals surface area contributed by atoms with E-state index >= 15 is 0 Å². The predicted molar refractivity (Wildman–Crippen MR) is 126 cm³/mol. The number of aliphatic imine (C=N–C) groups is 1. The molecule has 2 aliphatic rings. The third kappa shape index (κ3) is 7.09. The number of hydrogen-bond donors (Lipinski definition) is 3.